The maximum absolute atomic E-state index is 13.7. The Morgan fingerprint density at radius 3 is 2.47 bits per heavy atom. The summed E-state index contributed by atoms with van der Waals surface area (Å²) in [6.45, 7) is 5.63. The zero-order valence-corrected chi connectivity index (χ0v) is 18.3. The number of aromatic nitrogens is 1. The molecule has 0 atom stereocenters. The second kappa shape index (κ2) is 8.08. The molecule has 5 rings (SSSR count). The van der Waals surface area contributed by atoms with Gasteiger partial charge in [-0.2, -0.15) is 0 Å². The fourth-order valence-corrected chi connectivity index (χ4v) is 4.52. The minimum Gasteiger partial charge on any atom is -0.362 e. The Morgan fingerprint density at radius 2 is 1.72 bits per heavy atom. The molecular weight excluding hydrogens is 398 g/mol. The van der Waals surface area contributed by atoms with Gasteiger partial charge in [-0.25, -0.2) is 0 Å². The summed E-state index contributed by atoms with van der Waals surface area (Å²) in [5.74, 6) is -0.470. The summed E-state index contributed by atoms with van der Waals surface area (Å²) in [5.41, 5.74) is 7.42. The van der Waals surface area contributed by atoms with Gasteiger partial charge >= 0.3 is 0 Å². The van der Waals surface area contributed by atoms with Crippen LogP contribution in [0, 0.1) is 13.8 Å². The average molecular weight is 424 g/mol. The van der Waals surface area contributed by atoms with E-state index in [1.807, 2.05) is 56.3 Å². The molecule has 0 saturated carbocycles. The Hall–Kier alpha value is -3.73. The number of amides is 2. The Kier molecular flexibility index (Phi) is 5.10. The normalized spacial score (nSPS) is 16.1. The number of hydrogen-bond donors (Lipinski definition) is 0. The van der Waals surface area contributed by atoms with Crippen LogP contribution in [-0.4, -0.2) is 33.1 Å². The van der Waals surface area contributed by atoms with Crippen LogP contribution in [0.3, 0.4) is 0 Å². The number of hydrogen-bond acceptors (Lipinski definition) is 4. The van der Waals surface area contributed by atoms with E-state index in [1.165, 1.54) is 16.0 Å². The van der Waals surface area contributed by atoms with E-state index in [-0.39, 0.29) is 18.4 Å². The van der Waals surface area contributed by atoms with Crippen LogP contribution in [0.1, 0.15) is 33.4 Å². The first-order valence-electron chi connectivity index (χ1n) is 10.9. The Labute approximate surface area is 188 Å². The van der Waals surface area contributed by atoms with Crippen molar-refractivity contribution < 1.29 is 9.59 Å². The number of fused-ring (bicyclic) bond motifs is 1. The molecule has 3 heterocycles. The van der Waals surface area contributed by atoms with E-state index < -0.39 is 0 Å². The van der Waals surface area contributed by atoms with Crippen LogP contribution in [0.15, 0.2) is 72.7 Å². The number of imide groups is 1. The Balaban J connectivity index is 1.58. The quantitative estimate of drug-likeness (QED) is 0.595. The lowest BCUT2D eigenvalue weighted by atomic mass is 9.96. The third kappa shape index (κ3) is 3.50. The highest BCUT2D eigenvalue weighted by Gasteiger charge is 2.42. The molecule has 2 aromatic carbocycles. The summed E-state index contributed by atoms with van der Waals surface area (Å²) in [6, 6.07) is 18.0. The highest BCUT2D eigenvalue weighted by atomic mass is 16.2. The van der Waals surface area contributed by atoms with Gasteiger partial charge in [-0.1, -0.05) is 48.5 Å². The summed E-state index contributed by atoms with van der Waals surface area (Å²) >= 11 is 0. The van der Waals surface area contributed by atoms with E-state index in [1.54, 1.807) is 12.4 Å². The van der Waals surface area contributed by atoms with Crippen molar-refractivity contribution in [3.05, 3.63) is 106 Å². The molecule has 0 unspecified atom stereocenters. The van der Waals surface area contributed by atoms with E-state index in [0.29, 0.717) is 24.4 Å². The van der Waals surface area contributed by atoms with Crippen LogP contribution in [0.5, 0.6) is 0 Å². The zero-order valence-electron chi connectivity index (χ0n) is 18.3. The molecule has 3 aromatic rings. The van der Waals surface area contributed by atoms with Gasteiger partial charge in [0.15, 0.2) is 0 Å². The summed E-state index contributed by atoms with van der Waals surface area (Å²) in [4.78, 5) is 34.8. The first kappa shape index (κ1) is 20.2. The molecule has 0 bridgehead atoms. The molecule has 0 N–H and O–H groups in total. The summed E-state index contributed by atoms with van der Waals surface area (Å²) in [6.07, 6.45) is 4.24. The van der Waals surface area contributed by atoms with E-state index in [2.05, 4.69) is 22.0 Å². The van der Waals surface area contributed by atoms with Gasteiger partial charge in [0.1, 0.15) is 5.70 Å². The predicted octanol–water partition coefficient (Wildman–Crippen LogP) is 4.04. The second-order valence-electron chi connectivity index (χ2n) is 8.52. The molecule has 0 aliphatic carbocycles. The van der Waals surface area contributed by atoms with Crippen LogP contribution in [-0.2, 0) is 29.1 Å². The third-order valence-electron chi connectivity index (χ3n) is 6.45. The molecule has 2 amide bonds. The average Bonchev–Trinajstić information content (AvgIpc) is 3.06. The second-order valence-corrected chi connectivity index (χ2v) is 8.52. The summed E-state index contributed by atoms with van der Waals surface area (Å²) < 4.78 is 0. The van der Waals surface area contributed by atoms with Gasteiger partial charge in [0.2, 0.25) is 0 Å². The van der Waals surface area contributed by atoms with Gasteiger partial charge in [0.05, 0.1) is 12.1 Å². The van der Waals surface area contributed by atoms with Gasteiger partial charge < -0.3 is 4.90 Å². The molecular formula is C27H25N3O2. The van der Waals surface area contributed by atoms with E-state index >= 15 is 0 Å². The minimum absolute atomic E-state index is 0.216. The van der Waals surface area contributed by atoms with Gasteiger partial charge in [0.25, 0.3) is 11.8 Å². The van der Waals surface area contributed by atoms with Crippen LogP contribution < -0.4 is 0 Å². The maximum Gasteiger partial charge on any atom is 0.278 e. The van der Waals surface area contributed by atoms with Crippen molar-refractivity contribution in [1.29, 1.82) is 0 Å². The molecule has 1 aromatic heterocycles. The Bertz CT molecular complexity index is 1250. The number of carbonyl (C=O) groups excluding carboxylic acids is 2. The molecule has 32 heavy (non-hydrogen) atoms. The molecule has 2 aliphatic heterocycles. The molecule has 5 heteroatoms. The minimum atomic E-state index is -0.240. The molecule has 0 fully saturated rings. The zero-order chi connectivity index (χ0) is 22.2. The fourth-order valence-electron chi connectivity index (χ4n) is 4.52. The monoisotopic (exact) mass is 423 g/mol. The van der Waals surface area contributed by atoms with E-state index in [0.717, 1.165) is 28.7 Å². The van der Waals surface area contributed by atoms with Crippen LogP contribution in [0.2, 0.25) is 0 Å². The molecule has 160 valence electrons. The fraction of sp³-hybridized carbons (Fsp3) is 0.222. The summed E-state index contributed by atoms with van der Waals surface area (Å²) in [7, 11) is 0. The highest BCUT2D eigenvalue weighted by Crippen LogP contribution is 2.35. The van der Waals surface area contributed by atoms with Gasteiger partial charge in [-0.3, -0.25) is 19.5 Å². The number of benzene rings is 2. The highest BCUT2D eigenvalue weighted by molar-refractivity contribution is 6.35. The van der Waals surface area contributed by atoms with Crippen molar-refractivity contribution in [2.24, 2.45) is 0 Å². The van der Waals surface area contributed by atoms with Gasteiger partial charge in [0, 0.05) is 25.5 Å². The lowest BCUT2D eigenvalue weighted by Crippen LogP contribution is -2.37. The number of nitrogens with zero attached hydrogens (tertiary/aromatic N) is 3. The maximum atomic E-state index is 13.7. The molecule has 0 radical (unpaired) electrons. The van der Waals surface area contributed by atoms with Gasteiger partial charge in [-0.15, -0.1) is 0 Å². The first-order chi connectivity index (χ1) is 15.5. The molecule has 0 saturated heterocycles. The van der Waals surface area contributed by atoms with Crippen LogP contribution in [0.4, 0.5) is 0 Å². The van der Waals surface area contributed by atoms with E-state index in [4.69, 9.17) is 0 Å². The van der Waals surface area contributed by atoms with Crippen molar-refractivity contribution in [2.75, 3.05) is 6.54 Å². The SMILES string of the molecule is Cc1ccc(C2=C(N3CCc4ccccc4C3)C(=O)N(Cc3cccnc3)C2=O)cc1C. The first-order valence-corrected chi connectivity index (χ1v) is 10.9. The molecule has 0 spiro atoms. The smallest absolute Gasteiger partial charge is 0.278 e. The van der Waals surface area contributed by atoms with Crippen molar-refractivity contribution in [2.45, 2.75) is 33.4 Å². The number of aryl methyl sites for hydroxylation is 2. The lowest BCUT2D eigenvalue weighted by molar-refractivity contribution is -0.138. The number of pyridine rings is 1. The molecule has 5 nitrogen and oxygen atoms in total. The molecule has 2 aliphatic rings. The third-order valence-corrected chi connectivity index (χ3v) is 6.45. The predicted molar refractivity (Wildman–Crippen MR) is 123 cm³/mol. The number of carbonyl (C=O) groups is 2. The van der Waals surface area contributed by atoms with Crippen LogP contribution >= 0.6 is 0 Å². The largest absolute Gasteiger partial charge is 0.362 e. The van der Waals surface area contributed by atoms with E-state index in [9.17, 15) is 9.59 Å². The lowest BCUT2D eigenvalue weighted by Gasteiger charge is -2.31. The van der Waals surface area contributed by atoms with Crippen molar-refractivity contribution >= 4 is 17.4 Å². The van der Waals surface area contributed by atoms with Crippen molar-refractivity contribution in [3.8, 4) is 0 Å². The standard InChI is InChI=1S/C27H25N3O2/c1-18-9-10-22(14-19(18)2)24-25(29-13-11-21-7-3-4-8-23(21)17-29)27(32)30(26(24)31)16-20-6-5-12-28-15-20/h3-10,12,14-15H,11,13,16-17H2,1-2H3. The van der Waals surface area contributed by atoms with Crippen molar-refractivity contribution in [1.82, 2.24) is 14.8 Å². The van der Waals surface area contributed by atoms with Crippen molar-refractivity contribution in [3.63, 3.8) is 0 Å². The number of rotatable bonds is 4. The topological polar surface area (TPSA) is 53.5 Å². The Morgan fingerprint density at radius 1 is 0.906 bits per heavy atom. The summed E-state index contributed by atoms with van der Waals surface area (Å²) in [5, 5.41) is 0. The van der Waals surface area contributed by atoms with Gasteiger partial charge in [-0.05, 0) is 59.7 Å². The van der Waals surface area contributed by atoms with Crippen LogP contribution in [0.25, 0.3) is 5.57 Å².